The van der Waals surface area contributed by atoms with Crippen molar-refractivity contribution in [3.8, 4) is 10.7 Å². The molecule has 0 aliphatic carbocycles. The zero-order valence-electron chi connectivity index (χ0n) is 17.1. The number of hydrogen-bond donors (Lipinski definition) is 1. The molecule has 4 aromatic rings. The van der Waals surface area contributed by atoms with Crippen molar-refractivity contribution in [1.82, 2.24) is 25.1 Å². The first-order valence-corrected chi connectivity index (χ1v) is 10.8. The predicted molar refractivity (Wildman–Crippen MR) is 121 cm³/mol. The number of carbonyl (C=O) groups is 1. The van der Waals surface area contributed by atoms with E-state index in [1.54, 1.807) is 23.5 Å². The smallest absolute Gasteiger partial charge is 0.316 e. The Labute approximate surface area is 184 Å². The summed E-state index contributed by atoms with van der Waals surface area (Å²) in [4.78, 5) is 23.3. The molecule has 1 aromatic carbocycles. The lowest BCUT2D eigenvalue weighted by molar-refractivity contribution is 0.206. The predicted octanol–water partition coefficient (Wildman–Crippen LogP) is 4.79. The molecule has 7 nitrogen and oxygen atoms in total. The van der Waals surface area contributed by atoms with Gasteiger partial charge in [0.15, 0.2) is 5.01 Å². The van der Waals surface area contributed by atoms with Gasteiger partial charge in [-0.25, -0.2) is 4.79 Å². The number of aromatic nitrogens is 4. The minimum atomic E-state index is -0.243. The molecule has 0 fully saturated rings. The average molecular weight is 431 g/mol. The van der Waals surface area contributed by atoms with Gasteiger partial charge in [-0.3, -0.25) is 15.3 Å². The SMILES string of the molecule is CCc1ccc(CN(Cc2cccnc2)C(=O)Nc2nnc(-c3ccccn3)s2)cc1. The van der Waals surface area contributed by atoms with E-state index >= 15 is 0 Å². The van der Waals surface area contributed by atoms with Crippen LogP contribution in [0, 0.1) is 0 Å². The first kappa shape index (κ1) is 20.6. The first-order chi connectivity index (χ1) is 15.2. The van der Waals surface area contributed by atoms with Crippen LogP contribution in [-0.4, -0.2) is 31.1 Å². The molecule has 0 aliphatic rings. The molecule has 8 heteroatoms. The van der Waals surface area contributed by atoms with Crippen molar-refractivity contribution in [2.24, 2.45) is 0 Å². The fraction of sp³-hybridized carbons (Fsp3) is 0.174. The van der Waals surface area contributed by atoms with Crippen molar-refractivity contribution in [3.05, 3.63) is 89.9 Å². The van der Waals surface area contributed by atoms with Crippen LogP contribution in [0.1, 0.15) is 23.6 Å². The van der Waals surface area contributed by atoms with Gasteiger partial charge in [-0.2, -0.15) is 0 Å². The minimum Gasteiger partial charge on any atom is -0.316 e. The van der Waals surface area contributed by atoms with Crippen molar-refractivity contribution >= 4 is 22.5 Å². The van der Waals surface area contributed by atoms with E-state index in [1.165, 1.54) is 16.9 Å². The normalized spacial score (nSPS) is 10.6. The summed E-state index contributed by atoms with van der Waals surface area (Å²) in [6.07, 6.45) is 6.17. The fourth-order valence-electron chi connectivity index (χ4n) is 3.05. The summed E-state index contributed by atoms with van der Waals surface area (Å²) in [7, 11) is 0. The number of amides is 2. The molecule has 0 saturated carbocycles. The Morgan fingerprint density at radius 1 is 0.935 bits per heavy atom. The molecule has 0 radical (unpaired) electrons. The topological polar surface area (TPSA) is 83.9 Å². The van der Waals surface area contributed by atoms with E-state index in [4.69, 9.17) is 0 Å². The standard InChI is InChI=1S/C23H22N6OS/c1-2-17-8-10-18(11-9-17)15-29(16-19-6-5-12-24-14-19)23(30)26-22-28-27-21(31-22)20-7-3-4-13-25-20/h3-14H,2,15-16H2,1H3,(H,26,28,30). The Hall–Kier alpha value is -3.65. The molecular formula is C23H22N6OS. The number of nitrogens with zero attached hydrogens (tertiary/aromatic N) is 5. The van der Waals surface area contributed by atoms with Gasteiger partial charge in [0.1, 0.15) is 5.69 Å². The van der Waals surface area contributed by atoms with E-state index in [0.717, 1.165) is 23.2 Å². The highest BCUT2D eigenvalue weighted by atomic mass is 32.1. The molecule has 3 heterocycles. The highest BCUT2D eigenvalue weighted by Crippen LogP contribution is 2.25. The molecule has 3 aromatic heterocycles. The lowest BCUT2D eigenvalue weighted by Gasteiger charge is -2.22. The van der Waals surface area contributed by atoms with Crippen LogP contribution in [0.15, 0.2) is 73.2 Å². The first-order valence-electron chi connectivity index (χ1n) is 9.99. The number of anilines is 1. The summed E-state index contributed by atoms with van der Waals surface area (Å²) in [6.45, 7) is 3.02. The highest BCUT2D eigenvalue weighted by molar-refractivity contribution is 7.18. The minimum absolute atomic E-state index is 0.243. The summed E-state index contributed by atoms with van der Waals surface area (Å²) < 4.78 is 0. The van der Waals surface area contributed by atoms with Crippen molar-refractivity contribution in [3.63, 3.8) is 0 Å². The van der Waals surface area contributed by atoms with Crippen molar-refractivity contribution < 1.29 is 4.79 Å². The quantitative estimate of drug-likeness (QED) is 0.456. The van der Waals surface area contributed by atoms with E-state index in [-0.39, 0.29) is 6.03 Å². The maximum Gasteiger partial charge on any atom is 0.324 e. The third-order valence-electron chi connectivity index (χ3n) is 4.71. The summed E-state index contributed by atoms with van der Waals surface area (Å²) in [5.74, 6) is 0. The van der Waals surface area contributed by atoms with Gasteiger partial charge in [-0.05, 0) is 41.3 Å². The third-order valence-corrected chi connectivity index (χ3v) is 5.57. The van der Waals surface area contributed by atoms with Gasteiger partial charge in [0.05, 0.1) is 0 Å². The van der Waals surface area contributed by atoms with Crippen LogP contribution < -0.4 is 5.32 Å². The molecule has 1 N–H and O–H groups in total. The van der Waals surface area contributed by atoms with Crippen LogP contribution in [0.3, 0.4) is 0 Å². The third kappa shape index (κ3) is 5.49. The maximum atomic E-state index is 13.1. The van der Waals surface area contributed by atoms with Crippen molar-refractivity contribution in [2.75, 3.05) is 5.32 Å². The van der Waals surface area contributed by atoms with Crippen LogP contribution in [0.4, 0.5) is 9.93 Å². The molecule has 0 bridgehead atoms. The molecule has 0 aliphatic heterocycles. The summed E-state index contributed by atoms with van der Waals surface area (Å²) >= 11 is 1.29. The van der Waals surface area contributed by atoms with Crippen LogP contribution in [0.2, 0.25) is 0 Å². The summed E-state index contributed by atoms with van der Waals surface area (Å²) in [5.41, 5.74) is 4.00. The van der Waals surface area contributed by atoms with Gasteiger partial charge in [0, 0.05) is 31.7 Å². The molecule has 4 rings (SSSR count). The van der Waals surface area contributed by atoms with Gasteiger partial charge >= 0.3 is 6.03 Å². The number of hydrogen-bond acceptors (Lipinski definition) is 6. The largest absolute Gasteiger partial charge is 0.324 e. The van der Waals surface area contributed by atoms with E-state index in [2.05, 4.69) is 56.7 Å². The number of urea groups is 1. The number of rotatable bonds is 7. The second kappa shape index (κ2) is 9.90. The Bertz CT molecular complexity index is 1120. The molecular weight excluding hydrogens is 408 g/mol. The Kier molecular flexibility index (Phi) is 6.59. The second-order valence-electron chi connectivity index (χ2n) is 6.94. The number of carbonyl (C=O) groups excluding carboxylic acids is 1. The molecule has 2 amide bonds. The van der Waals surface area contributed by atoms with E-state index in [0.29, 0.717) is 23.2 Å². The van der Waals surface area contributed by atoms with Gasteiger partial charge < -0.3 is 4.90 Å². The van der Waals surface area contributed by atoms with Gasteiger partial charge in [0.25, 0.3) is 0 Å². The van der Waals surface area contributed by atoms with Crippen LogP contribution in [-0.2, 0) is 19.5 Å². The molecule has 0 atom stereocenters. The number of aryl methyl sites for hydroxylation is 1. The van der Waals surface area contributed by atoms with E-state index in [1.807, 2.05) is 30.3 Å². The Balaban J connectivity index is 1.51. The highest BCUT2D eigenvalue weighted by Gasteiger charge is 2.18. The molecule has 0 unspecified atom stereocenters. The lowest BCUT2D eigenvalue weighted by atomic mass is 10.1. The summed E-state index contributed by atoms with van der Waals surface area (Å²) in [5, 5.41) is 12.2. The lowest BCUT2D eigenvalue weighted by Crippen LogP contribution is -2.34. The average Bonchev–Trinajstić information content (AvgIpc) is 3.29. The number of benzene rings is 1. The van der Waals surface area contributed by atoms with Crippen LogP contribution in [0.5, 0.6) is 0 Å². The molecule has 0 saturated heterocycles. The Morgan fingerprint density at radius 3 is 2.45 bits per heavy atom. The monoisotopic (exact) mass is 430 g/mol. The molecule has 31 heavy (non-hydrogen) atoms. The van der Waals surface area contributed by atoms with Crippen LogP contribution in [0.25, 0.3) is 10.7 Å². The van der Waals surface area contributed by atoms with E-state index in [9.17, 15) is 4.79 Å². The second-order valence-corrected chi connectivity index (χ2v) is 7.92. The van der Waals surface area contributed by atoms with E-state index < -0.39 is 0 Å². The zero-order chi connectivity index (χ0) is 21.5. The van der Waals surface area contributed by atoms with Gasteiger partial charge in [-0.1, -0.05) is 54.7 Å². The summed E-state index contributed by atoms with van der Waals surface area (Å²) in [6, 6.07) is 17.5. The van der Waals surface area contributed by atoms with Crippen LogP contribution >= 0.6 is 11.3 Å². The number of nitrogens with one attached hydrogen (secondary N) is 1. The zero-order valence-corrected chi connectivity index (χ0v) is 17.9. The molecule has 156 valence electrons. The van der Waals surface area contributed by atoms with Crippen molar-refractivity contribution in [2.45, 2.75) is 26.4 Å². The number of pyridine rings is 2. The maximum absolute atomic E-state index is 13.1. The Morgan fingerprint density at radius 2 is 1.74 bits per heavy atom. The van der Waals surface area contributed by atoms with Gasteiger partial charge in [0.2, 0.25) is 5.13 Å². The molecule has 0 spiro atoms. The van der Waals surface area contributed by atoms with Crippen molar-refractivity contribution in [1.29, 1.82) is 0 Å². The van der Waals surface area contributed by atoms with Gasteiger partial charge in [-0.15, -0.1) is 10.2 Å². The fourth-order valence-corrected chi connectivity index (χ4v) is 3.76.